The first-order valence-electron chi connectivity index (χ1n) is 40.2. The van der Waals surface area contributed by atoms with Crippen molar-refractivity contribution in [2.75, 3.05) is 24.8 Å². The number of rotatable bonds is 14. The second kappa shape index (κ2) is 47.3. The van der Waals surface area contributed by atoms with Crippen molar-refractivity contribution in [3.63, 3.8) is 0 Å². The molecule has 0 bridgehead atoms. The molecule has 8 aromatic carbocycles. The van der Waals surface area contributed by atoms with Crippen molar-refractivity contribution < 1.29 is 192 Å². The third kappa shape index (κ3) is 25.1. The maximum Gasteiger partial charge on any atom is 1.00 e. The third-order valence-electron chi connectivity index (χ3n) is 19.2. The van der Waals surface area contributed by atoms with Gasteiger partial charge in [-0.2, -0.15) is 39.1 Å². The van der Waals surface area contributed by atoms with E-state index in [1.807, 2.05) is 91.0 Å². The number of pyridine rings is 4. The zero-order valence-corrected chi connectivity index (χ0v) is 90.9. The molecule has 0 unspecified atom stereocenters. The quantitative estimate of drug-likeness (QED) is 0.0222. The Morgan fingerprint density at radius 3 is 1.11 bits per heavy atom. The second-order valence-electron chi connectivity index (χ2n) is 29.2. The zero-order valence-electron chi connectivity index (χ0n) is 73.9. The first-order valence-corrected chi connectivity index (χ1v) is 44.6. The number of nitrogens with zero attached hydrogens (tertiary/aromatic N) is 13. The van der Waals surface area contributed by atoms with Crippen molar-refractivity contribution in [2.45, 2.75) is 52.6 Å². The molecule has 31 nitrogen and oxygen atoms in total. The van der Waals surface area contributed by atoms with Crippen LogP contribution >= 0.6 is 77.2 Å². The summed E-state index contributed by atoms with van der Waals surface area (Å²) in [6, 6.07) is 62.4. The fourth-order valence-corrected chi connectivity index (χ4v) is 16.7. The zero-order chi connectivity index (χ0) is 95.9. The van der Waals surface area contributed by atoms with Crippen molar-refractivity contribution in [2.24, 2.45) is 0 Å². The standard InChI is InChI=1S/C25H21N5O4S.C22H13BrF2N4O2S.C20H11BrN4O2S.C20H13N5O2S.C3H6F2.CH3F.CH2O3.2Cs.H/c1-25(2,3)34-24(33)27-15-6-4-14(5-7-15)21-22-18(10-11-20(31)28-22)29-30(23(21)32)16-8-9-17-19(12-16)35-13-26-17;23-13-3-1-12(2-4-13)20-21-16(7-8-19(27-21)31-10-18(24)25)28-29(22(20)30)14-5-6-15-17(9-14)32-11-26-15;2*21-12-3-1-11(2-4-12)18-19-15(7-8-17(26)23-19)24-25(20(18)27)13-5-6-14-16(9-13)28-10-22-14;1-2-3(4)5;1-2;2-1-4-3;;;/h4-13H,1-3H3,(H,27,33)(H,28,31);1-9,11,18H,10H2;1-10H,(H,23,26);1-10H,21H2,(H,23,26);3H,2H2,1H3;1H3;1,3H;;;/q;;;;;;;2*+1;-1/p-1/i;;;;;1D;;;;. The van der Waals surface area contributed by atoms with E-state index in [-0.39, 0.29) is 197 Å². The number of nitrogens with two attached hydrogens (primary N) is 1. The van der Waals surface area contributed by atoms with Crippen LogP contribution in [0.3, 0.4) is 0 Å². The van der Waals surface area contributed by atoms with Gasteiger partial charge in [-0.25, -0.2) is 47.3 Å². The van der Waals surface area contributed by atoms with Gasteiger partial charge in [0, 0.05) is 51.0 Å². The topological polar surface area (TPSA) is 426 Å². The summed E-state index contributed by atoms with van der Waals surface area (Å²) < 4.78 is 83.4. The molecule has 6 N–H and O–H groups in total. The van der Waals surface area contributed by atoms with Crippen LogP contribution in [0, 0.1) is 0 Å². The molecule has 0 atom stereocenters. The van der Waals surface area contributed by atoms with Crippen LogP contribution in [-0.4, -0.2) is 124 Å². The van der Waals surface area contributed by atoms with Gasteiger partial charge in [-0.05, 0) is 189 Å². The predicted octanol–water partition coefficient (Wildman–Crippen LogP) is 12.0. The van der Waals surface area contributed by atoms with Crippen LogP contribution in [0.5, 0.6) is 5.88 Å². The molecular weight excluding hydrogens is 2210 g/mol. The Labute approximate surface area is 916 Å². The van der Waals surface area contributed by atoms with Gasteiger partial charge in [0.1, 0.15) is 33.2 Å². The number of halogens is 7. The Hall–Kier alpha value is -11.1. The maximum absolute atomic E-state index is 13.7. The van der Waals surface area contributed by atoms with Gasteiger partial charge in [-0.1, -0.05) is 87.3 Å². The van der Waals surface area contributed by atoms with Crippen molar-refractivity contribution in [1.82, 2.24) is 79.0 Å². The Morgan fingerprint density at radius 1 is 0.485 bits per heavy atom. The molecule has 12 heterocycles. The first-order chi connectivity index (χ1) is 65.0. The maximum atomic E-state index is 13.7. The Balaban J connectivity index is 0.000000169. The number of thiazole rings is 4. The van der Waals surface area contributed by atoms with Gasteiger partial charge in [0.15, 0.2) is 6.61 Å². The van der Waals surface area contributed by atoms with Crippen molar-refractivity contribution >= 4 is 186 Å². The number of aromatic amines is 3. The van der Waals surface area contributed by atoms with Gasteiger partial charge < -0.3 is 41.7 Å². The normalized spacial score (nSPS) is 11.0. The van der Waals surface area contributed by atoms with E-state index in [0.717, 1.165) is 49.8 Å². The molecule has 20 aromatic rings. The number of anilines is 2. The number of nitrogens with one attached hydrogen (secondary N) is 4. The first kappa shape index (κ1) is 102. The number of benzene rings is 8. The van der Waals surface area contributed by atoms with Gasteiger partial charge in [-0.15, -0.1) is 45.3 Å². The summed E-state index contributed by atoms with van der Waals surface area (Å²) in [4.78, 5) is 143. The SMILES string of the molecule is CC(C)(C)OC(=O)Nc1ccc(-c2c(=O)n(-c3ccc4ncsc4c3)nc3ccc(=O)[nH]c23)cc1.CCC(F)F.Nc1ccc(-c2c(=O)n(-c3ccc4ncsc4c3)nc3ccc(=O)[nH]c23)cc1.O=CO[O-].O=c1c(-c2ccc(Br)cc2)c2nc(OCC(F)F)ccc2nn1-c1ccc2ncsc2c1.O=c1ccc2nn(-c3ccc4ncsc4c3)c(=O)c(-c3ccc(Br)cc3)c2[nH]1.[2H]CF.[Cs+].[Cs+].[H-]. The molecule has 0 fully saturated rings. The van der Waals surface area contributed by atoms with Gasteiger partial charge in [0.25, 0.3) is 35.1 Å². The number of aromatic nitrogens is 16. The number of H-pyrrole nitrogens is 3. The van der Waals surface area contributed by atoms with E-state index in [1.165, 1.54) is 95.3 Å². The van der Waals surface area contributed by atoms with Gasteiger partial charge in [0.2, 0.25) is 29.0 Å². The molecule has 20 rings (SSSR count). The minimum absolute atomic E-state index is 0. The second-order valence-corrected chi connectivity index (χ2v) is 34.6. The van der Waals surface area contributed by atoms with E-state index in [4.69, 9.17) is 26.6 Å². The smallest absolute Gasteiger partial charge is 1.00 e. The van der Waals surface area contributed by atoms with Crippen LogP contribution in [-0.2, 0) is 14.4 Å². The monoisotopic (exact) mass is 2280 g/mol. The molecule has 136 heavy (non-hydrogen) atoms. The number of nitrogen functional groups attached to an aromatic ring is 1. The number of ether oxygens (including phenoxy) is 2. The molecule has 0 saturated heterocycles. The molecule has 0 aliphatic heterocycles. The molecule has 0 radical (unpaired) electrons. The van der Waals surface area contributed by atoms with E-state index >= 15 is 0 Å². The molecule has 680 valence electrons. The summed E-state index contributed by atoms with van der Waals surface area (Å²) in [7, 11) is -1.00. The van der Waals surface area contributed by atoms with Gasteiger partial charge in [0.05, 0.1) is 133 Å². The van der Waals surface area contributed by atoms with Crippen molar-refractivity contribution in [1.29, 1.82) is 0 Å². The number of hydrogen-bond acceptors (Lipinski definition) is 27. The number of carbonyl (C=O) groups excluding carboxylic acids is 2. The van der Waals surface area contributed by atoms with E-state index in [2.05, 4.69) is 102 Å². The third-order valence-corrected chi connectivity index (χ3v) is 23.4. The van der Waals surface area contributed by atoms with Crippen molar-refractivity contribution in [3.8, 4) is 73.1 Å². The van der Waals surface area contributed by atoms with Crippen LogP contribution in [0.15, 0.2) is 283 Å². The molecule has 0 spiro atoms. The van der Waals surface area contributed by atoms with Crippen LogP contribution in [0.2, 0.25) is 0 Å². The average molecular weight is 2280 g/mol. The summed E-state index contributed by atoms with van der Waals surface area (Å²) in [5.74, 6) is 0.00110. The summed E-state index contributed by atoms with van der Waals surface area (Å²) in [6.07, 6.45) is -5.36. The number of carbonyl (C=O) groups is 2. The predicted molar refractivity (Wildman–Crippen MR) is 516 cm³/mol. The Kier molecular flexibility index (Phi) is 35.6. The fourth-order valence-electron chi connectivity index (χ4n) is 13.3. The van der Waals surface area contributed by atoms with Crippen LogP contribution < -0.4 is 198 Å². The Morgan fingerprint density at radius 2 is 0.787 bits per heavy atom. The van der Waals surface area contributed by atoms with E-state index in [0.29, 0.717) is 117 Å². The van der Waals surface area contributed by atoms with E-state index < -0.39 is 43.9 Å². The summed E-state index contributed by atoms with van der Waals surface area (Å²) in [5, 5.41) is 29.1. The number of alkyl halides is 5. The minimum atomic E-state index is -2.63. The van der Waals surface area contributed by atoms with E-state index in [1.54, 1.807) is 146 Å². The average Bonchev–Trinajstić information content (AvgIpc) is 1.03. The van der Waals surface area contributed by atoms with Crippen LogP contribution in [0.1, 0.15) is 36.9 Å². The Bertz CT molecular complexity index is 8020. The summed E-state index contributed by atoms with van der Waals surface area (Å²) in [6.45, 7) is 5.82. The molecule has 0 saturated carbocycles. The largest absolute Gasteiger partial charge is 1.00 e. The molecule has 12 aromatic heterocycles. The fraction of sp³-hybridized carbons (Fsp3) is 0.109. The van der Waals surface area contributed by atoms with Crippen LogP contribution in [0.25, 0.3) is 152 Å². The van der Waals surface area contributed by atoms with Crippen LogP contribution in [0.4, 0.5) is 38.1 Å². The molecule has 0 aliphatic carbocycles. The van der Waals surface area contributed by atoms with Gasteiger partial charge >= 0.3 is 144 Å². The molecule has 1 amide bonds. The van der Waals surface area contributed by atoms with Crippen molar-refractivity contribution in [3.05, 3.63) is 322 Å². The molecule has 44 heteroatoms. The molecular formula is C92H69Br2Cs2F5N18O13S4. The number of amides is 1. The summed E-state index contributed by atoms with van der Waals surface area (Å²) in [5.41, 5.74) is 24.1. The molecule has 0 aliphatic rings. The minimum Gasteiger partial charge on any atom is -1.00 e. The number of fused-ring (bicyclic) bond motifs is 8. The van der Waals surface area contributed by atoms with E-state index in [9.17, 15) is 60.3 Å². The number of hydrogen-bond donors (Lipinski definition) is 5. The van der Waals surface area contributed by atoms with Gasteiger partial charge in [-0.3, -0.25) is 48.1 Å². The summed E-state index contributed by atoms with van der Waals surface area (Å²) >= 11 is 12.7.